The molecule has 0 aromatic carbocycles. The maximum atomic E-state index is 12.3. The molecule has 2 heterocycles. The quantitative estimate of drug-likeness (QED) is 0.837. The highest BCUT2D eigenvalue weighted by atomic mass is 32.1. The van der Waals surface area contributed by atoms with Gasteiger partial charge in [-0.05, 0) is 6.07 Å². The fourth-order valence-electron chi connectivity index (χ4n) is 1.75. The van der Waals surface area contributed by atoms with Gasteiger partial charge in [0.2, 0.25) is 5.91 Å². The third-order valence-corrected chi connectivity index (χ3v) is 3.67. The minimum Gasteiger partial charge on any atom is -0.480 e. The number of aromatic nitrogens is 1. The van der Waals surface area contributed by atoms with Gasteiger partial charge >= 0.3 is 12.1 Å². The molecule has 0 aliphatic carbocycles. The van der Waals surface area contributed by atoms with Gasteiger partial charge in [0, 0.05) is 10.9 Å². The second-order valence-electron chi connectivity index (χ2n) is 4.61. The molecule has 0 saturated heterocycles. The van der Waals surface area contributed by atoms with Crippen molar-refractivity contribution in [2.45, 2.75) is 25.1 Å². The second kappa shape index (κ2) is 6.82. The summed E-state index contributed by atoms with van der Waals surface area (Å²) in [6.45, 7) is 0. The molecule has 2 rings (SSSR count). The van der Waals surface area contributed by atoms with Gasteiger partial charge in [-0.3, -0.25) is 4.79 Å². The summed E-state index contributed by atoms with van der Waals surface area (Å²) in [6, 6.07) is -0.346. The van der Waals surface area contributed by atoms with E-state index < -0.39 is 30.5 Å². The molecule has 0 aliphatic rings. The molecule has 10 heteroatoms. The summed E-state index contributed by atoms with van der Waals surface area (Å²) in [5.41, 5.74) is 1.04. The van der Waals surface area contributed by atoms with E-state index in [-0.39, 0.29) is 6.42 Å². The molecule has 2 aromatic rings. The average molecular weight is 348 g/mol. The van der Waals surface area contributed by atoms with Crippen LogP contribution in [-0.4, -0.2) is 34.2 Å². The van der Waals surface area contributed by atoms with Crippen LogP contribution in [0.1, 0.15) is 12.1 Å². The van der Waals surface area contributed by atoms with Crippen molar-refractivity contribution in [1.82, 2.24) is 10.3 Å². The molecule has 2 N–H and O–H groups in total. The van der Waals surface area contributed by atoms with E-state index in [1.54, 1.807) is 11.4 Å². The SMILES string of the molecule is O=C(Cc1csc(-c2ccoc2)n1)NC(CC(F)(F)F)C(=O)O. The predicted molar refractivity (Wildman–Crippen MR) is 73.8 cm³/mol. The molecule has 0 radical (unpaired) electrons. The third-order valence-electron chi connectivity index (χ3n) is 2.73. The van der Waals surface area contributed by atoms with E-state index in [9.17, 15) is 22.8 Å². The number of rotatable bonds is 6. The van der Waals surface area contributed by atoms with Crippen molar-refractivity contribution in [3.8, 4) is 10.6 Å². The normalized spacial score (nSPS) is 12.8. The van der Waals surface area contributed by atoms with Crippen LogP contribution in [0.4, 0.5) is 13.2 Å². The van der Waals surface area contributed by atoms with Crippen LogP contribution in [0.25, 0.3) is 10.6 Å². The van der Waals surface area contributed by atoms with Gasteiger partial charge in [-0.15, -0.1) is 11.3 Å². The Morgan fingerprint density at radius 3 is 2.74 bits per heavy atom. The summed E-state index contributed by atoms with van der Waals surface area (Å²) in [5, 5.41) is 12.8. The number of carboxylic acids is 1. The van der Waals surface area contributed by atoms with Gasteiger partial charge in [-0.2, -0.15) is 13.2 Å². The molecular formula is C13H11F3N2O4S. The van der Waals surface area contributed by atoms with Crippen molar-refractivity contribution in [1.29, 1.82) is 0 Å². The number of hydrogen-bond donors (Lipinski definition) is 2. The fourth-order valence-corrected chi connectivity index (χ4v) is 2.55. The van der Waals surface area contributed by atoms with Gasteiger partial charge in [0.05, 0.1) is 24.8 Å². The topological polar surface area (TPSA) is 92.4 Å². The molecule has 0 fully saturated rings. The Labute approximate surface area is 131 Å². The van der Waals surface area contributed by atoms with E-state index in [2.05, 4.69) is 4.98 Å². The molecule has 6 nitrogen and oxygen atoms in total. The first-order chi connectivity index (χ1) is 10.7. The molecule has 1 unspecified atom stereocenters. The minimum absolute atomic E-state index is 0.310. The zero-order valence-electron chi connectivity index (χ0n) is 11.5. The lowest BCUT2D eigenvalue weighted by atomic mass is 10.2. The number of nitrogens with one attached hydrogen (secondary N) is 1. The number of aliphatic carboxylic acids is 1. The number of carbonyl (C=O) groups excluding carboxylic acids is 1. The lowest BCUT2D eigenvalue weighted by Crippen LogP contribution is -2.44. The Kier molecular flexibility index (Phi) is 5.04. The summed E-state index contributed by atoms with van der Waals surface area (Å²) >= 11 is 1.24. The summed E-state index contributed by atoms with van der Waals surface area (Å²) < 4.78 is 41.7. The van der Waals surface area contributed by atoms with Gasteiger partial charge in [-0.1, -0.05) is 0 Å². The molecule has 0 saturated carbocycles. The van der Waals surface area contributed by atoms with Crippen molar-refractivity contribution < 1.29 is 32.3 Å². The number of furan rings is 1. The van der Waals surface area contributed by atoms with E-state index in [0.717, 1.165) is 0 Å². The Balaban J connectivity index is 1.97. The number of halogens is 3. The number of hydrogen-bond acceptors (Lipinski definition) is 5. The molecule has 0 aliphatic heterocycles. The highest BCUT2D eigenvalue weighted by molar-refractivity contribution is 7.13. The molecule has 2 aromatic heterocycles. The number of carboxylic acid groups (broad SMARTS) is 1. The number of carbonyl (C=O) groups is 2. The average Bonchev–Trinajstić information content (AvgIpc) is 3.06. The summed E-state index contributed by atoms with van der Waals surface area (Å²) in [5.74, 6) is -2.58. The fraction of sp³-hybridized carbons (Fsp3) is 0.308. The summed E-state index contributed by atoms with van der Waals surface area (Å²) in [4.78, 5) is 26.6. The van der Waals surface area contributed by atoms with E-state index in [0.29, 0.717) is 16.3 Å². The molecule has 1 atom stereocenters. The third kappa shape index (κ3) is 5.09. The smallest absolute Gasteiger partial charge is 0.391 e. The van der Waals surface area contributed by atoms with Crippen LogP contribution in [0, 0.1) is 0 Å². The number of nitrogens with zero attached hydrogens (tertiary/aromatic N) is 1. The second-order valence-corrected chi connectivity index (χ2v) is 5.47. The first kappa shape index (κ1) is 17.0. The van der Waals surface area contributed by atoms with E-state index in [1.807, 2.05) is 5.32 Å². The Bertz CT molecular complexity index is 682. The Hall–Kier alpha value is -2.36. The van der Waals surface area contributed by atoms with E-state index >= 15 is 0 Å². The van der Waals surface area contributed by atoms with Gasteiger partial charge in [0.15, 0.2) is 0 Å². The van der Waals surface area contributed by atoms with Crippen molar-refractivity contribution in [3.63, 3.8) is 0 Å². The number of amides is 1. The molecule has 0 bridgehead atoms. The number of thiazole rings is 1. The molecule has 1 amide bonds. The highest BCUT2D eigenvalue weighted by Gasteiger charge is 2.36. The summed E-state index contributed by atoms with van der Waals surface area (Å²) in [7, 11) is 0. The first-order valence-electron chi connectivity index (χ1n) is 6.30. The van der Waals surface area contributed by atoms with Crippen LogP contribution >= 0.6 is 11.3 Å². The van der Waals surface area contributed by atoms with Crippen molar-refractivity contribution in [2.24, 2.45) is 0 Å². The van der Waals surface area contributed by atoms with Crippen LogP contribution in [-0.2, 0) is 16.0 Å². The monoisotopic (exact) mass is 348 g/mol. The number of alkyl halides is 3. The van der Waals surface area contributed by atoms with Crippen LogP contribution in [0.3, 0.4) is 0 Å². The van der Waals surface area contributed by atoms with Crippen molar-refractivity contribution in [3.05, 3.63) is 29.7 Å². The van der Waals surface area contributed by atoms with E-state index in [4.69, 9.17) is 9.52 Å². The predicted octanol–water partition coefficient (Wildman–Crippen LogP) is 2.47. The lowest BCUT2D eigenvalue weighted by molar-refractivity contribution is -0.159. The molecule has 23 heavy (non-hydrogen) atoms. The first-order valence-corrected chi connectivity index (χ1v) is 7.18. The highest BCUT2D eigenvalue weighted by Crippen LogP contribution is 2.24. The van der Waals surface area contributed by atoms with Crippen LogP contribution in [0.15, 0.2) is 28.4 Å². The van der Waals surface area contributed by atoms with Crippen LogP contribution in [0.2, 0.25) is 0 Å². The van der Waals surface area contributed by atoms with Gasteiger partial charge in [0.25, 0.3) is 0 Å². The maximum Gasteiger partial charge on any atom is 0.391 e. The lowest BCUT2D eigenvalue weighted by Gasteiger charge is -2.15. The molecule has 0 spiro atoms. The van der Waals surface area contributed by atoms with Crippen LogP contribution < -0.4 is 5.32 Å². The van der Waals surface area contributed by atoms with Crippen molar-refractivity contribution in [2.75, 3.05) is 0 Å². The summed E-state index contributed by atoms with van der Waals surface area (Å²) in [6.07, 6.45) is -3.71. The standard InChI is InChI=1S/C13H11F3N2O4S/c14-13(15,16)4-9(12(20)21)18-10(19)3-8-6-23-11(17-8)7-1-2-22-5-7/h1-2,5-6,9H,3-4H2,(H,18,19)(H,20,21). The van der Waals surface area contributed by atoms with Gasteiger partial charge in [0.1, 0.15) is 17.3 Å². The van der Waals surface area contributed by atoms with Gasteiger partial charge < -0.3 is 14.8 Å². The largest absolute Gasteiger partial charge is 0.480 e. The Morgan fingerprint density at radius 2 is 2.17 bits per heavy atom. The molecular weight excluding hydrogens is 337 g/mol. The van der Waals surface area contributed by atoms with E-state index in [1.165, 1.54) is 23.9 Å². The maximum absolute atomic E-state index is 12.3. The minimum atomic E-state index is -4.69. The zero-order valence-corrected chi connectivity index (χ0v) is 12.3. The van der Waals surface area contributed by atoms with Crippen molar-refractivity contribution >= 4 is 23.2 Å². The zero-order chi connectivity index (χ0) is 17.0. The van der Waals surface area contributed by atoms with Gasteiger partial charge in [-0.25, -0.2) is 9.78 Å². The van der Waals surface area contributed by atoms with Crippen LogP contribution in [0.5, 0.6) is 0 Å². The molecule has 124 valence electrons. The Morgan fingerprint density at radius 1 is 1.43 bits per heavy atom.